The molecule has 0 aromatic heterocycles. The highest BCUT2D eigenvalue weighted by atomic mass is 79.9. The van der Waals surface area contributed by atoms with Gasteiger partial charge in [0.05, 0.1) is 11.9 Å². The van der Waals surface area contributed by atoms with Crippen molar-refractivity contribution < 1.29 is 14.3 Å². The summed E-state index contributed by atoms with van der Waals surface area (Å²) in [5, 5.41) is 7.65. The van der Waals surface area contributed by atoms with Crippen molar-refractivity contribution in [2.75, 3.05) is 5.32 Å². The second kappa shape index (κ2) is 12.2. The van der Waals surface area contributed by atoms with E-state index in [1.165, 1.54) is 6.21 Å². The molecule has 3 aromatic carbocycles. The maximum Gasteiger partial charge on any atom is 0.249 e. The molecule has 0 aliphatic rings. The first-order valence-electron chi connectivity index (χ1n) is 9.54. The van der Waals surface area contributed by atoms with Crippen LogP contribution in [0, 0.1) is 0 Å². The van der Waals surface area contributed by atoms with Crippen molar-refractivity contribution in [1.29, 1.82) is 0 Å². The zero-order chi connectivity index (χ0) is 23.8. The number of rotatable bonds is 8. The highest BCUT2D eigenvalue weighted by Crippen LogP contribution is 2.26. The van der Waals surface area contributed by atoms with Crippen LogP contribution in [-0.4, -0.2) is 18.0 Å². The lowest BCUT2D eigenvalue weighted by Crippen LogP contribution is -2.24. The molecule has 0 radical (unpaired) electrons. The van der Waals surface area contributed by atoms with E-state index in [1.54, 1.807) is 48.5 Å². The van der Waals surface area contributed by atoms with Crippen LogP contribution in [0.5, 0.6) is 5.75 Å². The predicted octanol–water partition coefficient (Wildman–Crippen LogP) is 6.58. The van der Waals surface area contributed by atoms with Gasteiger partial charge in [-0.25, -0.2) is 5.43 Å². The molecule has 6 nitrogen and oxygen atoms in total. The topological polar surface area (TPSA) is 79.8 Å². The molecule has 0 unspecified atom stereocenters. The summed E-state index contributed by atoms with van der Waals surface area (Å²) < 4.78 is 7.40. The minimum Gasteiger partial charge on any atom is -0.488 e. The van der Waals surface area contributed by atoms with Gasteiger partial charge in [-0.1, -0.05) is 57.3 Å². The van der Waals surface area contributed by atoms with Gasteiger partial charge in [0.15, 0.2) is 0 Å². The summed E-state index contributed by atoms with van der Waals surface area (Å²) in [6, 6.07) is 17.7. The minimum atomic E-state index is -0.554. The molecule has 0 heterocycles. The van der Waals surface area contributed by atoms with Crippen LogP contribution >= 0.6 is 55.1 Å². The molecule has 33 heavy (non-hydrogen) atoms. The van der Waals surface area contributed by atoms with Crippen LogP contribution in [0.1, 0.15) is 17.5 Å². The van der Waals surface area contributed by atoms with Gasteiger partial charge in [-0.15, -0.1) is 0 Å². The predicted molar refractivity (Wildman–Crippen MR) is 138 cm³/mol. The van der Waals surface area contributed by atoms with Crippen molar-refractivity contribution in [3.8, 4) is 5.75 Å². The van der Waals surface area contributed by atoms with Crippen molar-refractivity contribution >= 4 is 78.8 Å². The third kappa shape index (κ3) is 7.85. The van der Waals surface area contributed by atoms with Crippen LogP contribution in [-0.2, 0) is 16.2 Å². The fourth-order valence-corrected chi connectivity index (χ4v) is 3.89. The first kappa shape index (κ1) is 25.2. The van der Waals surface area contributed by atoms with E-state index in [2.05, 4.69) is 47.7 Å². The first-order valence-corrected chi connectivity index (χ1v) is 11.9. The summed E-state index contributed by atoms with van der Waals surface area (Å²) in [6.45, 7) is 0.222. The van der Waals surface area contributed by atoms with Crippen molar-refractivity contribution in [1.82, 2.24) is 5.43 Å². The largest absolute Gasteiger partial charge is 0.488 e. The molecule has 2 amide bonds. The fourth-order valence-electron chi connectivity index (χ4n) is 2.66. The number of hydrazone groups is 1. The lowest BCUT2D eigenvalue weighted by molar-refractivity contribution is -0.126. The fraction of sp³-hybridized carbons (Fsp3) is 0.0870. The van der Waals surface area contributed by atoms with Crippen molar-refractivity contribution in [3.05, 3.63) is 90.8 Å². The van der Waals surface area contributed by atoms with Crippen LogP contribution < -0.4 is 15.5 Å². The number of halogens is 4. The van der Waals surface area contributed by atoms with E-state index >= 15 is 0 Å². The van der Waals surface area contributed by atoms with Crippen LogP contribution in [0.3, 0.4) is 0 Å². The Morgan fingerprint density at radius 1 is 1.00 bits per heavy atom. The SMILES string of the molecule is O=C(CC(=O)Nc1ccccc1Br)NN=Cc1cc(Br)ccc1OCc1ccc(Cl)cc1Cl. The Kier molecular flexibility index (Phi) is 9.31. The number of nitrogens with one attached hydrogen (secondary N) is 2. The Morgan fingerprint density at radius 3 is 2.55 bits per heavy atom. The second-order valence-corrected chi connectivity index (χ2v) is 9.32. The number of para-hydroxylation sites is 1. The number of hydrogen-bond acceptors (Lipinski definition) is 4. The lowest BCUT2D eigenvalue weighted by Gasteiger charge is -2.11. The maximum absolute atomic E-state index is 12.1. The zero-order valence-corrected chi connectivity index (χ0v) is 21.6. The summed E-state index contributed by atoms with van der Waals surface area (Å²) in [5.41, 5.74) is 4.32. The van der Waals surface area contributed by atoms with E-state index in [1.807, 2.05) is 12.1 Å². The summed E-state index contributed by atoms with van der Waals surface area (Å²) in [6.07, 6.45) is 1.06. The second-order valence-electron chi connectivity index (χ2n) is 6.70. The number of benzene rings is 3. The van der Waals surface area contributed by atoms with E-state index in [0.717, 1.165) is 14.5 Å². The van der Waals surface area contributed by atoms with Crippen molar-refractivity contribution in [3.63, 3.8) is 0 Å². The van der Waals surface area contributed by atoms with E-state index in [0.29, 0.717) is 27.0 Å². The van der Waals surface area contributed by atoms with Crippen LogP contribution in [0.2, 0.25) is 10.0 Å². The standard InChI is InChI=1S/C23H17Br2Cl2N3O3/c24-16-6-8-21(33-13-14-5-7-17(26)10-19(14)27)15(9-16)12-28-30-23(32)11-22(31)29-20-4-2-1-3-18(20)25/h1-10,12H,11,13H2,(H,29,31)(H,30,32). The van der Waals surface area contributed by atoms with E-state index in [-0.39, 0.29) is 13.0 Å². The molecule has 2 N–H and O–H groups in total. The van der Waals surface area contributed by atoms with Gasteiger partial charge in [-0.05, 0) is 58.4 Å². The number of anilines is 1. The van der Waals surface area contributed by atoms with Crippen LogP contribution in [0.25, 0.3) is 0 Å². The molecule has 3 rings (SSSR count). The Morgan fingerprint density at radius 2 is 1.79 bits per heavy atom. The molecule has 0 aliphatic heterocycles. The third-order valence-electron chi connectivity index (χ3n) is 4.23. The Balaban J connectivity index is 1.58. The number of ether oxygens (including phenoxy) is 1. The van der Waals surface area contributed by atoms with E-state index < -0.39 is 11.8 Å². The molecule has 0 saturated heterocycles. The molecule has 0 bridgehead atoms. The highest BCUT2D eigenvalue weighted by molar-refractivity contribution is 9.10. The third-order valence-corrected chi connectivity index (χ3v) is 6.00. The smallest absolute Gasteiger partial charge is 0.249 e. The van der Waals surface area contributed by atoms with Gasteiger partial charge in [0.1, 0.15) is 18.8 Å². The molecule has 0 aliphatic carbocycles. The van der Waals surface area contributed by atoms with Gasteiger partial charge in [0.2, 0.25) is 11.8 Å². The molecule has 170 valence electrons. The minimum absolute atomic E-state index is 0.222. The number of carbonyl (C=O) groups excluding carboxylic acids is 2. The molecule has 0 fully saturated rings. The molecule has 3 aromatic rings. The van der Waals surface area contributed by atoms with Gasteiger partial charge in [-0.3, -0.25) is 9.59 Å². The van der Waals surface area contributed by atoms with Gasteiger partial charge < -0.3 is 10.1 Å². The van der Waals surface area contributed by atoms with Crippen molar-refractivity contribution in [2.45, 2.75) is 13.0 Å². The number of nitrogens with zero attached hydrogens (tertiary/aromatic N) is 1. The Labute approximate surface area is 217 Å². The van der Waals surface area contributed by atoms with Crippen LogP contribution in [0.15, 0.2) is 74.7 Å². The number of hydrogen-bond donors (Lipinski definition) is 2. The molecule has 0 atom stereocenters. The van der Waals surface area contributed by atoms with E-state index in [4.69, 9.17) is 27.9 Å². The van der Waals surface area contributed by atoms with Gasteiger partial charge in [-0.2, -0.15) is 5.10 Å². The summed E-state index contributed by atoms with van der Waals surface area (Å²) >= 11 is 18.9. The van der Waals surface area contributed by atoms with Gasteiger partial charge >= 0.3 is 0 Å². The first-order chi connectivity index (χ1) is 15.8. The lowest BCUT2D eigenvalue weighted by atomic mass is 10.2. The maximum atomic E-state index is 12.1. The van der Waals surface area contributed by atoms with Gasteiger partial charge in [0.25, 0.3) is 0 Å². The normalized spacial score (nSPS) is 10.8. The van der Waals surface area contributed by atoms with Gasteiger partial charge in [0, 0.05) is 30.1 Å². The quantitative estimate of drug-likeness (QED) is 0.171. The Bertz CT molecular complexity index is 1210. The average molecular weight is 614 g/mol. The number of carbonyl (C=O) groups is 2. The molecule has 0 saturated carbocycles. The monoisotopic (exact) mass is 611 g/mol. The summed E-state index contributed by atoms with van der Waals surface area (Å²) in [7, 11) is 0. The summed E-state index contributed by atoms with van der Waals surface area (Å²) in [4.78, 5) is 24.2. The average Bonchev–Trinajstić information content (AvgIpc) is 2.76. The van der Waals surface area contributed by atoms with E-state index in [9.17, 15) is 9.59 Å². The number of amides is 2. The Hall–Kier alpha value is -2.39. The molecular weight excluding hydrogens is 597 g/mol. The highest BCUT2D eigenvalue weighted by Gasteiger charge is 2.11. The molecule has 10 heteroatoms. The van der Waals surface area contributed by atoms with Crippen molar-refractivity contribution in [2.24, 2.45) is 5.10 Å². The molecular formula is C23H17Br2Cl2N3O3. The van der Waals surface area contributed by atoms with Crippen LogP contribution in [0.4, 0.5) is 5.69 Å². The zero-order valence-electron chi connectivity index (χ0n) is 16.9. The molecule has 0 spiro atoms. The summed E-state index contributed by atoms with van der Waals surface area (Å²) in [5.74, 6) is -0.476.